The van der Waals surface area contributed by atoms with Crippen LogP contribution in [0.4, 0.5) is 0 Å². The van der Waals surface area contributed by atoms with Crippen LogP contribution in [0.2, 0.25) is 0 Å². The topological polar surface area (TPSA) is 0 Å². The van der Waals surface area contributed by atoms with E-state index in [-0.39, 0.29) is 0 Å². The van der Waals surface area contributed by atoms with Crippen molar-refractivity contribution < 1.29 is 0 Å². The zero-order chi connectivity index (χ0) is 10.2. The van der Waals surface area contributed by atoms with Crippen molar-refractivity contribution in [1.29, 1.82) is 0 Å². The van der Waals surface area contributed by atoms with Gasteiger partial charge in [-0.25, -0.2) is 0 Å². The molecule has 0 atom stereocenters. The van der Waals surface area contributed by atoms with E-state index in [4.69, 9.17) is 0 Å². The molecule has 0 spiro atoms. The first-order valence-electron chi connectivity index (χ1n) is 5.44. The van der Waals surface area contributed by atoms with Crippen molar-refractivity contribution in [1.82, 2.24) is 0 Å². The number of rotatable bonds is 6. The molecule has 1 aromatic carbocycles. The SMILES string of the molecule is Cc1ccc(CCCCCCBr)cc1. The predicted molar refractivity (Wildman–Crippen MR) is 67.1 cm³/mol. The minimum absolute atomic E-state index is 1.15. The Morgan fingerprint density at radius 3 is 2.21 bits per heavy atom. The summed E-state index contributed by atoms with van der Waals surface area (Å²) in [7, 11) is 0. The van der Waals surface area contributed by atoms with Gasteiger partial charge in [0, 0.05) is 5.33 Å². The highest BCUT2D eigenvalue weighted by molar-refractivity contribution is 9.09. The molecule has 0 saturated carbocycles. The van der Waals surface area contributed by atoms with Gasteiger partial charge in [-0.15, -0.1) is 0 Å². The Bertz CT molecular complexity index is 238. The monoisotopic (exact) mass is 254 g/mol. The van der Waals surface area contributed by atoms with Gasteiger partial charge in [0.25, 0.3) is 0 Å². The summed E-state index contributed by atoms with van der Waals surface area (Å²) < 4.78 is 0. The number of aryl methyl sites for hydroxylation is 2. The van der Waals surface area contributed by atoms with Crippen LogP contribution in [0.5, 0.6) is 0 Å². The Hall–Kier alpha value is -0.300. The molecule has 1 aromatic rings. The maximum Gasteiger partial charge on any atom is 0.00313 e. The standard InChI is InChI=1S/C13H19Br/c1-12-7-9-13(10-8-12)6-4-2-3-5-11-14/h7-10H,2-6,11H2,1H3. The fraction of sp³-hybridized carbons (Fsp3) is 0.538. The molecule has 0 amide bonds. The maximum atomic E-state index is 3.45. The van der Waals surface area contributed by atoms with Crippen LogP contribution in [-0.2, 0) is 6.42 Å². The second kappa shape index (κ2) is 7.05. The molecule has 0 aliphatic rings. The van der Waals surface area contributed by atoms with Crippen LogP contribution in [0.1, 0.15) is 36.8 Å². The Morgan fingerprint density at radius 2 is 1.57 bits per heavy atom. The second-order valence-corrected chi connectivity index (χ2v) is 4.63. The fourth-order valence-electron chi connectivity index (χ4n) is 1.53. The molecule has 1 rings (SSSR count). The molecule has 0 aromatic heterocycles. The first kappa shape index (κ1) is 11.8. The van der Waals surface area contributed by atoms with Crippen molar-refractivity contribution in [2.75, 3.05) is 5.33 Å². The highest BCUT2D eigenvalue weighted by Gasteiger charge is 1.93. The van der Waals surface area contributed by atoms with E-state index < -0.39 is 0 Å². The van der Waals surface area contributed by atoms with E-state index >= 15 is 0 Å². The minimum atomic E-state index is 1.15. The van der Waals surface area contributed by atoms with Crippen LogP contribution < -0.4 is 0 Å². The molecule has 0 aliphatic carbocycles. The van der Waals surface area contributed by atoms with Crippen LogP contribution in [0.3, 0.4) is 0 Å². The zero-order valence-corrected chi connectivity index (χ0v) is 10.5. The fourth-order valence-corrected chi connectivity index (χ4v) is 1.93. The van der Waals surface area contributed by atoms with Gasteiger partial charge in [0.15, 0.2) is 0 Å². The van der Waals surface area contributed by atoms with Crippen molar-refractivity contribution in [3.8, 4) is 0 Å². The van der Waals surface area contributed by atoms with Gasteiger partial charge < -0.3 is 0 Å². The van der Waals surface area contributed by atoms with Crippen molar-refractivity contribution in [3.05, 3.63) is 35.4 Å². The zero-order valence-electron chi connectivity index (χ0n) is 8.93. The minimum Gasteiger partial charge on any atom is -0.0928 e. The Balaban J connectivity index is 2.15. The third-order valence-corrected chi connectivity index (χ3v) is 3.03. The molecule has 78 valence electrons. The molecule has 0 bridgehead atoms. The van der Waals surface area contributed by atoms with Gasteiger partial charge in [0.2, 0.25) is 0 Å². The lowest BCUT2D eigenvalue weighted by atomic mass is 10.1. The van der Waals surface area contributed by atoms with Gasteiger partial charge in [0.05, 0.1) is 0 Å². The third-order valence-electron chi connectivity index (χ3n) is 2.47. The molecule has 1 heteroatoms. The lowest BCUT2D eigenvalue weighted by molar-refractivity contribution is 0.671. The molecule has 0 radical (unpaired) electrons. The highest BCUT2D eigenvalue weighted by atomic mass is 79.9. The molecular formula is C13H19Br. The van der Waals surface area contributed by atoms with E-state index in [0.29, 0.717) is 0 Å². The summed E-state index contributed by atoms with van der Waals surface area (Å²) in [4.78, 5) is 0. The molecule has 14 heavy (non-hydrogen) atoms. The van der Waals surface area contributed by atoms with Crippen LogP contribution in [0, 0.1) is 6.92 Å². The van der Waals surface area contributed by atoms with E-state index in [2.05, 4.69) is 47.1 Å². The van der Waals surface area contributed by atoms with Gasteiger partial charge in [-0.1, -0.05) is 58.6 Å². The van der Waals surface area contributed by atoms with E-state index in [1.165, 1.54) is 43.2 Å². The molecular weight excluding hydrogens is 236 g/mol. The Labute approximate surface area is 95.9 Å². The predicted octanol–water partition coefficient (Wildman–Crippen LogP) is 4.49. The van der Waals surface area contributed by atoms with Crippen molar-refractivity contribution in [2.45, 2.75) is 39.0 Å². The number of halogens is 1. The largest absolute Gasteiger partial charge is 0.0928 e. The van der Waals surface area contributed by atoms with Crippen LogP contribution >= 0.6 is 15.9 Å². The lowest BCUT2D eigenvalue weighted by Crippen LogP contribution is -1.86. The number of benzene rings is 1. The van der Waals surface area contributed by atoms with Gasteiger partial charge in [0.1, 0.15) is 0 Å². The van der Waals surface area contributed by atoms with Crippen LogP contribution in [-0.4, -0.2) is 5.33 Å². The average molecular weight is 255 g/mol. The average Bonchev–Trinajstić information content (AvgIpc) is 2.21. The molecule has 0 fully saturated rings. The third kappa shape index (κ3) is 4.80. The number of hydrogen-bond donors (Lipinski definition) is 0. The Morgan fingerprint density at radius 1 is 0.929 bits per heavy atom. The molecule has 0 unspecified atom stereocenters. The number of hydrogen-bond acceptors (Lipinski definition) is 0. The van der Waals surface area contributed by atoms with Crippen molar-refractivity contribution >= 4 is 15.9 Å². The summed E-state index contributed by atoms with van der Waals surface area (Å²) in [5.74, 6) is 0. The summed E-state index contributed by atoms with van der Waals surface area (Å²) >= 11 is 3.45. The molecule has 0 N–H and O–H groups in total. The van der Waals surface area contributed by atoms with Crippen molar-refractivity contribution in [2.24, 2.45) is 0 Å². The van der Waals surface area contributed by atoms with Crippen LogP contribution in [0.25, 0.3) is 0 Å². The van der Waals surface area contributed by atoms with Crippen LogP contribution in [0.15, 0.2) is 24.3 Å². The number of unbranched alkanes of at least 4 members (excludes halogenated alkanes) is 3. The van der Waals surface area contributed by atoms with Crippen molar-refractivity contribution in [3.63, 3.8) is 0 Å². The van der Waals surface area contributed by atoms with E-state index in [1.807, 2.05) is 0 Å². The second-order valence-electron chi connectivity index (χ2n) is 3.84. The maximum absolute atomic E-state index is 3.45. The van der Waals surface area contributed by atoms with E-state index in [9.17, 15) is 0 Å². The highest BCUT2D eigenvalue weighted by Crippen LogP contribution is 2.09. The first-order valence-corrected chi connectivity index (χ1v) is 6.56. The summed E-state index contributed by atoms with van der Waals surface area (Å²) in [6.07, 6.45) is 6.60. The molecule has 0 nitrogen and oxygen atoms in total. The van der Waals surface area contributed by atoms with E-state index in [0.717, 1.165) is 5.33 Å². The molecule has 0 aliphatic heterocycles. The smallest absolute Gasteiger partial charge is 0.00313 e. The quantitative estimate of drug-likeness (QED) is 0.519. The summed E-state index contributed by atoms with van der Waals surface area (Å²) in [6.45, 7) is 2.14. The summed E-state index contributed by atoms with van der Waals surface area (Å²) in [5, 5.41) is 1.15. The van der Waals surface area contributed by atoms with Gasteiger partial charge in [-0.2, -0.15) is 0 Å². The number of alkyl halides is 1. The van der Waals surface area contributed by atoms with E-state index in [1.54, 1.807) is 0 Å². The van der Waals surface area contributed by atoms with Gasteiger partial charge in [-0.3, -0.25) is 0 Å². The summed E-state index contributed by atoms with van der Waals surface area (Å²) in [5.41, 5.74) is 2.84. The van der Waals surface area contributed by atoms with Gasteiger partial charge in [-0.05, 0) is 31.7 Å². The molecule has 0 heterocycles. The van der Waals surface area contributed by atoms with Gasteiger partial charge >= 0.3 is 0 Å². The first-order chi connectivity index (χ1) is 6.83. The Kier molecular flexibility index (Phi) is 5.93. The normalized spacial score (nSPS) is 10.4. The molecule has 0 saturated heterocycles. The lowest BCUT2D eigenvalue weighted by Gasteiger charge is -2.01. The summed E-state index contributed by atoms with van der Waals surface area (Å²) in [6, 6.07) is 8.90.